The fourth-order valence-electron chi connectivity index (χ4n) is 1.94. The predicted molar refractivity (Wildman–Crippen MR) is 61.0 cm³/mol. The number of carbonyl (C=O) groups excluding carboxylic acids is 1. The zero-order valence-corrected chi connectivity index (χ0v) is 9.71. The van der Waals surface area contributed by atoms with Crippen LogP contribution in [0.3, 0.4) is 0 Å². The molecule has 0 bridgehead atoms. The molecule has 0 saturated heterocycles. The summed E-state index contributed by atoms with van der Waals surface area (Å²) in [5.74, 6) is -0.434. The molecule has 0 fully saturated rings. The molecule has 2 heterocycles. The van der Waals surface area contributed by atoms with Gasteiger partial charge in [0.25, 0.3) is 5.91 Å². The third-order valence-corrected chi connectivity index (χ3v) is 3.00. The van der Waals surface area contributed by atoms with Crippen LogP contribution < -0.4 is 0 Å². The van der Waals surface area contributed by atoms with Gasteiger partial charge < -0.3 is 15.1 Å². The van der Waals surface area contributed by atoms with Crippen molar-refractivity contribution in [1.29, 1.82) is 0 Å². The molecule has 5 heteroatoms. The van der Waals surface area contributed by atoms with Gasteiger partial charge in [-0.05, 0) is 25.0 Å². The van der Waals surface area contributed by atoms with E-state index >= 15 is 0 Å². The van der Waals surface area contributed by atoms with Crippen molar-refractivity contribution >= 4 is 5.91 Å². The number of aliphatic hydroxyl groups excluding tert-OH is 2. The Bertz CT molecular complexity index is 420. The number of amides is 1. The number of nitrogens with zero attached hydrogens (tertiary/aromatic N) is 2. The number of aliphatic hydroxyl groups is 2. The van der Waals surface area contributed by atoms with E-state index in [9.17, 15) is 15.0 Å². The molecular weight excluding hydrogens is 220 g/mol. The van der Waals surface area contributed by atoms with Crippen LogP contribution in [-0.2, 0) is 17.8 Å². The van der Waals surface area contributed by atoms with E-state index in [-0.39, 0.29) is 0 Å². The summed E-state index contributed by atoms with van der Waals surface area (Å²) in [6, 6.07) is 3.87. The lowest BCUT2D eigenvalue weighted by atomic mass is 10.0. The third kappa shape index (κ3) is 2.45. The van der Waals surface area contributed by atoms with Gasteiger partial charge in [0, 0.05) is 12.7 Å². The molecule has 0 radical (unpaired) electrons. The van der Waals surface area contributed by atoms with E-state index in [1.807, 2.05) is 12.1 Å². The molecule has 0 spiro atoms. The third-order valence-electron chi connectivity index (χ3n) is 3.00. The lowest BCUT2D eigenvalue weighted by Gasteiger charge is -2.30. The minimum absolute atomic E-state index is 0.402. The maximum atomic E-state index is 11.8. The molecule has 2 rings (SSSR count). The molecule has 1 aliphatic rings. The van der Waals surface area contributed by atoms with Gasteiger partial charge >= 0.3 is 0 Å². The van der Waals surface area contributed by atoms with Crippen molar-refractivity contribution in [1.82, 2.24) is 9.88 Å². The topological polar surface area (TPSA) is 73.7 Å². The molecule has 1 aromatic rings. The second-order valence-electron chi connectivity index (χ2n) is 4.30. The molecule has 0 saturated carbocycles. The largest absolute Gasteiger partial charge is 0.390 e. The van der Waals surface area contributed by atoms with Crippen molar-refractivity contribution in [2.75, 3.05) is 6.54 Å². The van der Waals surface area contributed by atoms with Gasteiger partial charge in [-0.1, -0.05) is 6.07 Å². The highest BCUT2D eigenvalue weighted by molar-refractivity contribution is 5.81. The van der Waals surface area contributed by atoms with E-state index in [4.69, 9.17) is 0 Å². The summed E-state index contributed by atoms with van der Waals surface area (Å²) in [6.45, 7) is 2.36. The van der Waals surface area contributed by atoms with Crippen LogP contribution in [0.15, 0.2) is 18.3 Å². The monoisotopic (exact) mass is 236 g/mol. The molecular formula is C12H16N2O3. The second kappa shape index (κ2) is 4.81. The van der Waals surface area contributed by atoms with Crippen molar-refractivity contribution in [2.45, 2.75) is 32.1 Å². The van der Waals surface area contributed by atoms with Crippen molar-refractivity contribution in [2.24, 2.45) is 0 Å². The van der Waals surface area contributed by atoms with Crippen molar-refractivity contribution < 1.29 is 15.0 Å². The summed E-state index contributed by atoms with van der Waals surface area (Å²) in [5, 5.41) is 18.7. The number of aromatic nitrogens is 1. The summed E-state index contributed by atoms with van der Waals surface area (Å²) in [7, 11) is 0. The Hall–Kier alpha value is -1.46. The Balaban J connectivity index is 2.10. The minimum atomic E-state index is -1.35. The number of hydrogen-bond donors (Lipinski definition) is 2. The molecule has 0 aliphatic carbocycles. The zero-order valence-electron chi connectivity index (χ0n) is 9.71. The van der Waals surface area contributed by atoms with Gasteiger partial charge in [-0.15, -0.1) is 0 Å². The van der Waals surface area contributed by atoms with Crippen LogP contribution in [0.25, 0.3) is 0 Å². The Morgan fingerprint density at radius 1 is 1.53 bits per heavy atom. The maximum absolute atomic E-state index is 11.8. The fourth-order valence-corrected chi connectivity index (χ4v) is 1.94. The molecule has 17 heavy (non-hydrogen) atoms. The standard InChI is InChI=1S/C12H16N2O3/c1-8(15)11(16)12(17)14-6-4-9-3-2-5-13-10(9)7-14/h2-3,5,8,11,15-16H,4,6-7H2,1H3/t8-,11+/m0/s1. The van der Waals surface area contributed by atoms with E-state index in [1.54, 1.807) is 6.20 Å². The number of fused-ring (bicyclic) bond motifs is 1. The Kier molecular flexibility index (Phi) is 3.40. The van der Waals surface area contributed by atoms with Gasteiger partial charge in [0.1, 0.15) is 0 Å². The van der Waals surface area contributed by atoms with Crippen LogP contribution >= 0.6 is 0 Å². The van der Waals surface area contributed by atoms with Crippen LogP contribution in [0.1, 0.15) is 18.2 Å². The van der Waals surface area contributed by atoms with E-state index < -0.39 is 18.1 Å². The molecule has 0 aromatic carbocycles. The number of pyridine rings is 1. The van der Waals surface area contributed by atoms with Gasteiger partial charge in [-0.25, -0.2) is 0 Å². The van der Waals surface area contributed by atoms with E-state index in [0.717, 1.165) is 17.7 Å². The highest BCUT2D eigenvalue weighted by Gasteiger charge is 2.28. The van der Waals surface area contributed by atoms with Crippen LogP contribution in [0.5, 0.6) is 0 Å². The minimum Gasteiger partial charge on any atom is -0.390 e. The van der Waals surface area contributed by atoms with E-state index in [1.165, 1.54) is 11.8 Å². The Morgan fingerprint density at radius 3 is 3.00 bits per heavy atom. The molecule has 2 N–H and O–H groups in total. The first-order valence-corrected chi connectivity index (χ1v) is 5.67. The quantitative estimate of drug-likeness (QED) is 0.740. The first-order chi connectivity index (χ1) is 8.09. The SMILES string of the molecule is C[C@H](O)[C@@H](O)C(=O)N1CCc2cccnc2C1. The van der Waals surface area contributed by atoms with Crippen LogP contribution in [0.4, 0.5) is 0 Å². The van der Waals surface area contributed by atoms with Crippen molar-refractivity contribution in [3.05, 3.63) is 29.6 Å². The average Bonchev–Trinajstić information content (AvgIpc) is 2.36. The summed E-state index contributed by atoms with van der Waals surface area (Å²) in [6.07, 6.45) is 0.0344. The summed E-state index contributed by atoms with van der Waals surface area (Å²) in [5.41, 5.74) is 2.01. The van der Waals surface area contributed by atoms with Crippen molar-refractivity contribution in [3.8, 4) is 0 Å². The number of rotatable bonds is 2. The van der Waals surface area contributed by atoms with Gasteiger partial charge in [0.2, 0.25) is 0 Å². The zero-order chi connectivity index (χ0) is 12.4. The lowest BCUT2D eigenvalue weighted by molar-refractivity contribution is -0.146. The van der Waals surface area contributed by atoms with Gasteiger partial charge in [-0.3, -0.25) is 9.78 Å². The highest BCUT2D eigenvalue weighted by Crippen LogP contribution is 2.17. The molecule has 92 valence electrons. The average molecular weight is 236 g/mol. The molecule has 5 nitrogen and oxygen atoms in total. The van der Waals surface area contributed by atoms with Crippen LogP contribution in [0.2, 0.25) is 0 Å². The van der Waals surface area contributed by atoms with Gasteiger partial charge in [0.05, 0.1) is 18.3 Å². The van der Waals surface area contributed by atoms with Gasteiger partial charge in [-0.2, -0.15) is 0 Å². The number of hydrogen-bond acceptors (Lipinski definition) is 4. The summed E-state index contributed by atoms with van der Waals surface area (Å²) < 4.78 is 0. The highest BCUT2D eigenvalue weighted by atomic mass is 16.3. The van der Waals surface area contributed by atoms with Crippen LogP contribution in [0, 0.1) is 0 Å². The second-order valence-corrected chi connectivity index (χ2v) is 4.30. The Morgan fingerprint density at radius 2 is 2.29 bits per heavy atom. The molecule has 1 aromatic heterocycles. The smallest absolute Gasteiger partial charge is 0.254 e. The van der Waals surface area contributed by atoms with Gasteiger partial charge in [0.15, 0.2) is 6.10 Å². The predicted octanol–water partition coefficient (Wildman–Crippen LogP) is -0.292. The molecule has 0 unspecified atom stereocenters. The molecule has 1 amide bonds. The van der Waals surface area contributed by atoms with Crippen molar-refractivity contribution in [3.63, 3.8) is 0 Å². The molecule has 1 aliphatic heterocycles. The molecule has 2 atom stereocenters. The lowest BCUT2D eigenvalue weighted by Crippen LogP contribution is -2.46. The first-order valence-electron chi connectivity index (χ1n) is 5.67. The van der Waals surface area contributed by atoms with Crippen LogP contribution in [-0.4, -0.2) is 44.8 Å². The van der Waals surface area contributed by atoms with E-state index in [0.29, 0.717) is 13.1 Å². The first kappa shape index (κ1) is 12.0. The van der Waals surface area contributed by atoms with E-state index in [2.05, 4.69) is 4.98 Å². The summed E-state index contributed by atoms with van der Waals surface area (Å²) >= 11 is 0. The Labute approximate surface area is 99.7 Å². The maximum Gasteiger partial charge on any atom is 0.254 e. The number of carbonyl (C=O) groups is 1. The summed E-state index contributed by atoms with van der Waals surface area (Å²) in [4.78, 5) is 17.6. The fraction of sp³-hybridized carbons (Fsp3) is 0.500. The normalized spacial score (nSPS) is 18.4.